The number of nitrogens with zero attached hydrogens (tertiary/aromatic N) is 5. The lowest BCUT2D eigenvalue weighted by atomic mass is 9.96. The van der Waals surface area contributed by atoms with Crippen molar-refractivity contribution < 1.29 is 9.53 Å². The molecule has 214 valence electrons. The zero-order chi connectivity index (χ0) is 29.3. The van der Waals surface area contributed by atoms with Gasteiger partial charge in [-0.1, -0.05) is 41.6 Å². The van der Waals surface area contributed by atoms with Crippen LogP contribution in [0.5, 0.6) is 0 Å². The number of likely N-dealkylation sites (tertiary alicyclic amines) is 1. The number of carbonyl (C=O) groups is 1. The number of pyridine rings is 2. The predicted octanol–water partition coefficient (Wildman–Crippen LogP) is 6.85. The Morgan fingerprint density at radius 1 is 1.10 bits per heavy atom. The molecule has 5 rings (SSSR count). The van der Waals surface area contributed by atoms with Gasteiger partial charge in [-0.05, 0) is 77.0 Å². The first-order chi connectivity index (χ1) is 19.5. The Kier molecular flexibility index (Phi) is 8.38. The summed E-state index contributed by atoms with van der Waals surface area (Å²) in [5, 5.41) is 1.84. The molecule has 0 spiro atoms. The fourth-order valence-corrected chi connectivity index (χ4v) is 5.70. The Balaban J connectivity index is 1.48. The van der Waals surface area contributed by atoms with Crippen molar-refractivity contribution >= 4 is 40.5 Å². The number of aryl methyl sites for hydroxylation is 1. The fraction of sp³-hybridized carbons (Fsp3) is 0.387. The monoisotopic (exact) mass is 591 g/mol. The van der Waals surface area contributed by atoms with Crippen molar-refractivity contribution in [2.24, 2.45) is 5.92 Å². The number of hydrogen-bond acceptors (Lipinski definition) is 7. The highest BCUT2D eigenvalue weighted by Crippen LogP contribution is 2.32. The minimum atomic E-state index is -0.536. The van der Waals surface area contributed by atoms with Gasteiger partial charge in [0.2, 0.25) is 0 Å². The number of rotatable bonds is 5. The van der Waals surface area contributed by atoms with Crippen LogP contribution in [0.4, 0.5) is 4.79 Å². The van der Waals surface area contributed by atoms with Gasteiger partial charge in [0.05, 0.1) is 5.69 Å². The minimum Gasteiger partial charge on any atom is -0.444 e. The number of carbonyl (C=O) groups excluding carboxylic acids is 1. The molecule has 0 bridgehead atoms. The van der Waals surface area contributed by atoms with Gasteiger partial charge >= 0.3 is 6.09 Å². The van der Waals surface area contributed by atoms with Crippen LogP contribution < -0.4 is 5.56 Å². The summed E-state index contributed by atoms with van der Waals surface area (Å²) in [7, 11) is 0. The third-order valence-electron chi connectivity index (χ3n) is 7.14. The first kappa shape index (κ1) is 29.1. The maximum atomic E-state index is 14.1. The summed E-state index contributed by atoms with van der Waals surface area (Å²) in [5.41, 5.74) is 3.69. The molecular weight excluding hydrogens is 558 g/mol. The van der Waals surface area contributed by atoms with Crippen LogP contribution in [0.2, 0.25) is 5.02 Å². The molecule has 41 heavy (non-hydrogen) atoms. The molecule has 0 saturated carbocycles. The lowest BCUT2D eigenvalue weighted by Crippen LogP contribution is -2.42. The van der Waals surface area contributed by atoms with Crippen LogP contribution in [-0.2, 0) is 11.3 Å². The highest BCUT2D eigenvalue weighted by Gasteiger charge is 2.28. The summed E-state index contributed by atoms with van der Waals surface area (Å²) in [4.78, 5) is 42.1. The van der Waals surface area contributed by atoms with Crippen molar-refractivity contribution in [3.8, 4) is 22.4 Å². The summed E-state index contributed by atoms with van der Waals surface area (Å²) in [6, 6.07) is 13.4. The van der Waals surface area contributed by atoms with Crippen LogP contribution in [0.1, 0.15) is 39.3 Å². The van der Waals surface area contributed by atoms with Crippen molar-refractivity contribution in [3.63, 3.8) is 0 Å². The summed E-state index contributed by atoms with van der Waals surface area (Å²) >= 11 is 8.23. The number of aromatic nitrogens is 4. The Hall–Kier alpha value is -3.43. The van der Waals surface area contributed by atoms with E-state index in [4.69, 9.17) is 21.3 Å². The van der Waals surface area contributed by atoms with Crippen LogP contribution >= 0.6 is 23.4 Å². The smallest absolute Gasteiger partial charge is 0.410 e. The van der Waals surface area contributed by atoms with Gasteiger partial charge in [0.15, 0.2) is 5.16 Å². The Bertz CT molecular complexity index is 1660. The van der Waals surface area contributed by atoms with Gasteiger partial charge in [-0.25, -0.2) is 14.8 Å². The van der Waals surface area contributed by atoms with E-state index in [1.165, 1.54) is 11.8 Å². The Labute approximate surface area is 249 Å². The molecule has 3 aromatic heterocycles. The molecule has 1 aromatic carbocycles. The fourth-order valence-electron chi connectivity index (χ4n) is 5.08. The topological polar surface area (TPSA) is 90.2 Å². The first-order valence-corrected chi connectivity index (χ1v) is 15.3. The average molecular weight is 592 g/mol. The number of piperidine rings is 1. The van der Waals surface area contributed by atoms with E-state index in [0.29, 0.717) is 46.6 Å². The van der Waals surface area contributed by atoms with Gasteiger partial charge < -0.3 is 9.64 Å². The maximum absolute atomic E-state index is 14.1. The third kappa shape index (κ3) is 6.57. The van der Waals surface area contributed by atoms with E-state index in [1.54, 1.807) is 15.7 Å². The van der Waals surface area contributed by atoms with Crippen LogP contribution in [0.25, 0.3) is 33.4 Å². The predicted molar refractivity (Wildman–Crippen MR) is 165 cm³/mol. The van der Waals surface area contributed by atoms with Gasteiger partial charge in [-0.15, -0.1) is 0 Å². The van der Waals surface area contributed by atoms with Crippen LogP contribution in [-0.4, -0.2) is 55.5 Å². The number of thioether (sulfide) groups is 1. The van der Waals surface area contributed by atoms with E-state index in [9.17, 15) is 9.59 Å². The summed E-state index contributed by atoms with van der Waals surface area (Å²) in [6.07, 6.45) is 4.90. The van der Waals surface area contributed by atoms with E-state index in [1.807, 2.05) is 76.4 Å². The van der Waals surface area contributed by atoms with Gasteiger partial charge in [0.1, 0.15) is 11.2 Å². The average Bonchev–Trinajstić information content (AvgIpc) is 2.93. The standard InChI is InChI=1S/C31H34ClN5O3S/c1-19-7-6-8-26(34-19)21-9-10-23(25(32)16-21)24-15-22-17-33-29(41-5)35-27(22)37(28(24)38)18-20-11-13-36(14-12-20)30(39)40-31(2,3)4/h6-10,15-17,20H,11-14,18H2,1-5H3. The summed E-state index contributed by atoms with van der Waals surface area (Å²) in [5.74, 6) is 0.197. The van der Waals surface area contributed by atoms with Gasteiger partial charge in [0.25, 0.3) is 5.56 Å². The molecule has 1 aliphatic heterocycles. The molecule has 8 nitrogen and oxygen atoms in total. The van der Waals surface area contributed by atoms with Crippen molar-refractivity contribution in [2.45, 2.75) is 57.8 Å². The first-order valence-electron chi connectivity index (χ1n) is 13.7. The quantitative estimate of drug-likeness (QED) is 0.185. The highest BCUT2D eigenvalue weighted by molar-refractivity contribution is 7.98. The molecule has 1 amide bonds. The van der Waals surface area contributed by atoms with Crippen molar-refractivity contribution in [1.82, 2.24) is 24.4 Å². The normalized spacial score (nSPS) is 14.4. The molecule has 1 saturated heterocycles. The molecule has 1 fully saturated rings. The van der Waals surface area contributed by atoms with Crippen molar-refractivity contribution in [1.29, 1.82) is 0 Å². The van der Waals surface area contributed by atoms with Crippen molar-refractivity contribution in [3.05, 3.63) is 69.7 Å². The molecule has 0 unspecified atom stereocenters. The number of halogens is 1. The SMILES string of the molecule is CSc1ncc2cc(-c3ccc(-c4cccc(C)n4)cc3Cl)c(=O)n(CC3CCN(C(=O)OC(C)(C)C)CC3)c2n1. The van der Waals surface area contributed by atoms with Crippen LogP contribution in [0.3, 0.4) is 0 Å². The highest BCUT2D eigenvalue weighted by atomic mass is 35.5. The van der Waals surface area contributed by atoms with Gasteiger partial charge in [0, 0.05) is 58.6 Å². The van der Waals surface area contributed by atoms with E-state index in [0.717, 1.165) is 35.2 Å². The molecule has 0 atom stereocenters. The Morgan fingerprint density at radius 3 is 2.51 bits per heavy atom. The largest absolute Gasteiger partial charge is 0.444 e. The van der Waals surface area contributed by atoms with E-state index in [2.05, 4.69) is 9.97 Å². The van der Waals surface area contributed by atoms with Crippen LogP contribution in [0, 0.1) is 12.8 Å². The summed E-state index contributed by atoms with van der Waals surface area (Å²) < 4.78 is 7.30. The molecule has 10 heteroatoms. The van der Waals surface area contributed by atoms with Crippen LogP contribution in [0.15, 0.2) is 58.6 Å². The third-order valence-corrected chi connectivity index (χ3v) is 8.01. The molecule has 0 N–H and O–H groups in total. The van der Waals surface area contributed by atoms with Crippen molar-refractivity contribution in [2.75, 3.05) is 19.3 Å². The number of fused-ring (bicyclic) bond motifs is 1. The zero-order valence-corrected chi connectivity index (χ0v) is 25.6. The van der Waals surface area contributed by atoms with E-state index in [-0.39, 0.29) is 17.6 Å². The molecular formula is C31H34ClN5O3S. The lowest BCUT2D eigenvalue weighted by Gasteiger charge is -2.33. The molecule has 1 aliphatic rings. The number of benzene rings is 1. The molecule has 0 radical (unpaired) electrons. The van der Waals surface area contributed by atoms with E-state index >= 15 is 0 Å². The second-order valence-corrected chi connectivity index (χ2v) is 12.6. The van der Waals surface area contributed by atoms with Gasteiger partial charge in [-0.3, -0.25) is 14.3 Å². The molecule has 4 aromatic rings. The zero-order valence-electron chi connectivity index (χ0n) is 24.0. The lowest BCUT2D eigenvalue weighted by molar-refractivity contribution is 0.0178. The second kappa shape index (κ2) is 11.8. The minimum absolute atomic E-state index is 0.152. The number of amides is 1. The Morgan fingerprint density at radius 2 is 1.85 bits per heavy atom. The summed E-state index contributed by atoms with van der Waals surface area (Å²) in [6.45, 7) is 9.20. The number of ether oxygens (including phenoxy) is 1. The van der Waals surface area contributed by atoms with Gasteiger partial charge in [-0.2, -0.15) is 0 Å². The number of hydrogen-bond donors (Lipinski definition) is 0. The molecule has 0 aliphatic carbocycles. The molecule has 4 heterocycles. The van der Waals surface area contributed by atoms with E-state index < -0.39 is 5.60 Å². The maximum Gasteiger partial charge on any atom is 0.410 e. The second-order valence-electron chi connectivity index (χ2n) is 11.4.